The zero-order valence-electron chi connectivity index (χ0n) is 8.46. The SMILES string of the molecule is N[C@@H](CC(=O)O)c1ccc(F)cc1C(F)(F)F. The van der Waals surface area contributed by atoms with Gasteiger partial charge in [-0.05, 0) is 17.7 Å². The summed E-state index contributed by atoms with van der Waals surface area (Å²) in [5.74, 6) is -2.38. The van der Waals surface area contributed by atoms with Crippen molar-refractivity contribution < 1.29 is 27.5 Å². The molecule has 7 heteroatoms. The quantitative estimate of drug-likeness (QED) is 0.810. The van der Waals surface area contributed by atoms with Crippen molar-refractivity contribution in [3.8, 4) is 0 Å². The summed E-state index contributed by atoms with van der Waals surface area (Å²) < 4.78 is 50.4. The number of hydrogen-bond donors (Lipinski definition) is 2. The van der Waals surface area contributed by atoms with E-state index in [2.05, 4.69) is 0 Å². The van der Waals surface area contributed by atoms with Crippen molar-refractivity contribution >= 4 is 5.97 Å². The number of aliphatic carboxylic acids is 1. The van der Waals surface area contributed by atoms with Crippen LogP contribution >= 0.6 is 0 Å². The number of alkyl halides is 3. The van der Waals surface area contributed by atoms with E-state index in [1.165, 1.54) is 0 Å². The van der Waals surface area contributed by atoms with Crippen molar-refractivity contribution in [3.05, 3.63) is 35.1 Å². The Morgan fingerprint density at radius 3 is 2.47 bits per heavy atom. The third-order valence-electron chi connectivity index (χ3n) is 2.11. The molecule has 1 aromatic rings. The summed E-state index contributed by atoms with van der Waals surface area (Å²) in [6, 6.07) is 0.638. The second-order valence-electron chi connectivity index (χ2n) is 3.43. The van der Waals surface area contributed by atoms with Gasteiger partial charge in [-0.3, -0.25) is 4.79 Å². The smallest absolute Gasteiger partial charge is 0.416 e. The van der Waals surface area contributed by atoms with Gasteiger partial charge in [-0.2, -0.15) is 13.2 Å². The lowest BCUT2D eigenvalue weighted by Gasteiger charge is -2.17. The molecule has 0 aliphatic heterocycles. The number of carboxylic acid groups (broad SMARTS) is 1. The molecule has 1 aromatic carbocycles. The molecule has 0 radical (unpaired) electrons. The largest absolute Gasteiger partial charge is 0.481 e. The van der Waals surface area contributed by atoms with Crippen molar-refractivity contribution in [3.63, 3.8) is 0 Å². The van der Waals surface area contributed by atoms with Gasteiger partial charge in [-0.1, -0.05) is 6.07 Å². The van der Waals surface area contributed by atoms with Gasteiger partial charge in [0.25, 0.3) is 0 Å². The highest BCUT2D eigenvalue weighted by molar-refractivity contribution is 5.68. The van der Waals surface area contributed by atoms with E-state index in [1.54, 1.807) is 0 Å². The minimum atomic E-state index is -4.77. The molecule has 1 atom stereocenters. The third kappa shape index (κ3) is 3.42. The first kappa shape index (κ1) is 13.4. The maximum Gasteiger partial charge on any atom is 0.416 e. The first-order valence-corrected chi connectivity index (χ1v) is 4.56. The Balaban J connectivity index is 3.19. The average Bonchev–Trinajstić information content (AvgIpc) is 2.14. The van der Waals surface area contributed by atoms with Crippen LogP contribution in [0, 0.1) is 5.82 Å². The molecular weight excluding hydrogens is 242 g/mol. The predicted molar refractivity (Wildman–Crippen MR) is 50.6 cm³/mol. The number of nitrogens with two attached hydrogens (primary N) is 1. The van der Waals surface area contributed by atoms with E-state index in [0.29, 0.717) is 6.07 Å². The minimum Gasteiger partial charge on any atom is -0.481 e. The fourth-order valence-corrected chi connectivity index (χ4v) is 1.40. The van der Waals surface area contributed by atoms with Crippen molar-refractivity contribution in [1.82, 2.24) is 0 Å². The first-order valence-electron chi connectivity index (χ1n) is 4.56. The number of carbonyl (C=O) groups is 1. The van der Waals surface area contributed by atoms with Gasteiger partial charge in [0.2, 0.25) is 0 Å². The molecule has 17 heavy (non-hydrogen) atoms. The van der Waals surface area contributed by atoms with Crippen molar-refractivity contribution in [2.75, 3.05) is 0 Å². The molecule has 0 saturated carbocycles. The van der Waals surface area contributed by atoms with Gasteiger partial charge in [-0.25, -0.2) is 4.39 Å². The normalized spacial score (nSPS) is 13.5. The van der Waals surface area contributed by atoms with Crippen LogP contribution in [0.1, 0.15) is 23.6 Å². The number of halogens is 4. The molecule has 0 amide bonds. The fourth-order valence-electron chi connectivity index (χ4n) is 1.40. The monoisotopic (exact) mass is 251 g/mol. The highest BCUT2D eigenvalue weighted by Gasteiger charge is 2.35. The summed E-state index contributed by atoms with van der Waals surface area (Å²) in [6.45, 7) is 0. The summed E-state index contributed by atoms with van der Waals surface area (Å²) in [7, 11) is 0. The van der Waals surface area contributed by atoms with E-state index in [9.17, 15) is 22.4 Å². The Labute approximate surface area is 93.8 Å². The zero-order valence-corrected chi connectivity index (χ0v) is 8.46. The van der Waals surface area contributed by atoms with Crippen LogP contribution in [-0.2, 0) is 11.0 Å². The number of benzene rings is 1. The standard InChI is InChI=1S/C10H9F4NO2/c11-5-1-2-6(8(15)4-9(16)17)7(3-5)10(12,13)14/h1-3,8H,4,15H2,(H,16,17)/t8-/m0/s1. The molecule has 0 spiro atoms. The summed E-state index contributed by atoms with van der Waals surface area (Å²) in [5.41, 5.74) is 3.67. The van der Waals surface area contributed by atoms with Crippen LogP contribution in [0.15, 0.2) is 18.2 Å². The molecule has 0 bridgehead atoms. The predicted octanol–water partition coefficient (Wildman–Crippen LogP) is 2.32. The highest BCUT2D eigenvalue weighted by atomic mass is 19.4. The molecule has 1 rings (SSSR count). The van der Waals surface area contributed by atoms with E-state index in [4.69, 9.17) is 10.8 Å². The third-order valence-corrected chi connectivity index (χ3v) is 2.11. The Bertz CT molecular complexity index is 431. The van der Waals surface area contributed by atoms with E-state index >= 15 is 0 Å². The molecule has 0 aromatic heterocycles. The fraction of sp³-hybridized carbons (Fsp3) is 0.300. The van der Waals surface area contributed by atoms with Gasteiger partial charge < -0.3 is 10.8 Å². The van der Waals surface area contributed by atoms with Gasteiger partial charge in [0.15, 0.2) is 0 Å². The van der Waals surface area contributed by atoms with Crippen LogP contribution in [0.25, 0.3) is 0 Å². The molecule has 0 aliphatic carbocycles. The second-order valence-corrected chi connectivity index (χ2v) is 3.43. The summed E-state index contributed by atoms with van der Waals surface area (Å²) in [5, 5.41) is 8.46. The molecule has 0 fully saturated rings. The van der Waals surface area contributed by atoms with E-state index < -0.39 is 41.6 Å². The van der Waals surface area contributed by atoms with Crippen LogP contribution in [-0.4, -0.2) is 11.1 Å². The molecule has 3 nitrogen and oxygen atoms in total. The molecule has 0 unspecified atom stereocenters. The lowest BCUT2D eigenvalue weighted by molar-refractivity contribution is -0.140. The van der Waals surface area contributed by atoms with E-state index in [-0.39, 0.29) is 0 Å². The molecule has 0 saturated heterocycles. The Morgan fingerprint density at radius 2 is 2.00 bits per heavy atom. The van der Waals surface area contributed by atoms with Gasteiger partial charge >= 0.3 is 12.1 Å². The molecule has 0 heterocycles. The average molecular weight is 251 g/mol. The molecular formula is C10H9F4NO2. The molecule has 94 valence electrons. The van der Waals surface area contributed by atoms with Crippen LogP contribution < -0.4 is 5.73 Å². The Kier molecular flexibility index (Phi) is 3.72. The summed E-state index contributed by atoms with van der Waals surface area (Å²) in [6.07, 6.45) is -5.43. The zero-order chi connectivity index (χ0) is 13.2. The van der Waals surface area contributed by atoms with Crippen LogP contribution in [0.5, 0.6) is 0 Å². The Morgan fingerprint density at radius 1 is 1.41 bits per heavy atom. The van der Waals surface area contributed by atoms with Gasteiger partial charge in [-0.15, -0.1) is 0 Å². The summed E-state index contributed by atoms with van der Waals surface area (Å²) in [4.78, 5) is 10.4. The van der Waals surface area contributed by atoms with E-state index in [0.717, 1.165) is 12.1 Å². The number of carboxylic acids is 1. The summed E-state index contributed by atoms with van der Waals surface area (Å²) >= 11 is 0. The topological polar surface area (TPSA) is 63.3 Å². The molecule has 0 aliphatic rings. The van der Waals surface area contributed by atoms with Crippen molar-refractivity contribution in [2.24, 2.45) is 5.73 Å². The second kappa shape index (κ2) is 4.70. The highest BCUT2D eigenvalue weighted by Crippen LogP contribution is 2.35. The van der Waals surface area contributed by atoms with Crippen LogP contribution in [0.2, 0.25) is 0 Å². The number of hydrogen-bond acceptors (Lipinski definition) is 2. The maximum atomic E-state index is 12.7. The lowest BCUT2D eigenvalue weighted by Crippen LogP contribution is -2.20. The van der Waals surface area contributed by atoms with Gasteiger partial charge in [0, 0.05) is 6.04 Å². The maximum absolute atomic E-state index is 12.7. The van der Waals surface area contributed by atoms with Gasteiger partial charge in [0.05, 0.1) is 12.0 Å². The Hall–Kier alpha value is -1.63. The van der Waals surface area contributed by atoms with Crippen molar-refractivity contribution in [2.45, 2.75) is 18.6 Å². The lowest BCUT2D eigenvalue weighted by atomic mass is 9.98. The number of rotatable bonds is 3. The van der Waals surface area contributed by atoms with Gasteiger partial charge in [0.1, 0.15) is 5.82 Å². The van der Waals surface area contributed by atoms with E-state index in [1.807, 2.05) is 0 Å². The molecule has 3 N–H and O–H groups in total. The van der Waals surface area contributed by atoms with Crippen LogP contribution in [0.3, 0.4) is 0 Å². The van der Waals surface area contributed by atoms with Crippen LogP contribution in [0.4, 0.5) is 17.6 Å². The first-order chi connectivity index (χ1) is 7.71. The minimum absolute atomic E-state index is 0.303. The van der Waals surface area contributed by atoms with Crippen molar-refractivity contribution in [1.29, 1.82) is 0 Å².